The number of nitrogens with zero attached hydrogens (tertiary/aromatic N) is 2. The van der Waals surface area contributed by atoms with Crippen LogP contribution in [0.15, 0.2) is 16.6 Å². The van der Waals surface area contributed by atoms with Crippen molar-refractivity contribution >= 4 is 21.6 Å². The van der Waals surface area contributed by atoms with Gasteiger partial charge in [0, 0.05) is 10.0 Å². The number of rotatable bonds is 2. The van der Waals surface area contributed by atoms with Crippen molar-refractivity contribution in [3.05, 3.63) is 37.8 Å². The van der Waals surface area contributed by atoms with Crippen LogP contribution in [0.4, 0.5) is 5.69 Å². The van der Waals surface area contributed by atoms with Crippen LogP contribution < -0.4 is 0 Å². The van der Waals surface area contributed by atoms with Crippen LogP contribution in [-0.4, -0.2) is 4.92 Å². The maximum Gasteiger partial charge on any atom is 0.277 e. The fourth-order valence-electron chi connectivity index (χ4n) is 1.23. The Morgan fingerprint density at radius 3 is 2.79 bits per heavy atom. The van der Waals surface area contributed by atoms with E-state index in [9.17, 15) is 10.1 Å². The highest BCUT2D eigenvalue weighted by atomic mass is 79.9. The first-order valence-corrected chi connectivity index (χ1v) is 4.66. The van der Waals surface area contributed by atoms with Gasteiger partial charge >= 0.3 is 0 Å². The SMILES string of the molecule is Cc1ccc(Br)c(CC#N)c1[N+](=O)[O-]. The molecule has 0 atom stereocenters. The third-order valence-electron chi connectivity index (χ3n) is 1.87. The van der Waals surface area contributed by atoms with Crippen LogP contribution >= 0.6 is 15.9 Å². The molecule has 0 fully saturated rings. The predicted octanol–water partition coefficient (Wildman–Crippen LogP) is 2.73. The zero-order chi connectivity index (χ0) is 10.7. The van der Waals surface area contributed by atoms with Gasteiger partial charge in [-0.15, -0.1) is 0 Å². The molecule has 1 aromatic rings. The van der Waals surface area contributed by atoms with Crippen molar-refractivity contribution in [3.8, 4) is 6.07 Å². The van der Waals surface area contributed by atoms with Gasteiger partial charge in [-0.2, -0.15) is 5.26 Å². The number of nitro benzene ring substituents is 1. The van der Waals surface area contributed by atoms with E-state index in [0.29, 0.717) is 15.6 Å². The maximum atomic E-state index is 10.7. The molecule has 4 nitrogen and oxygen atoms in total. The standard InChI is InChI=1S/C9H7BrN2O2/c1-6-2-3-8(10)7(4-5-11)9(6)12(13)14/h2-3H,4H2,1H3. The largest absolute Gasteiger partial charge is 0.277 e. The molecule has 0 bridgehead atoms. The molecule has 1 rings (SSSR count). The van der Waals surface area contributed by atoms with Crippen LogP contribution in [0.3, 0.4) is 0 Å². The Morgan fingerprint density at radius 1 is 1.64 bits per heavy atom. The summed E-state index contributed by atoms with van der Waals surface area (Å²) in [5, 5.41) is 19.3. The first kappa shape index (κ1) is 10.7. The van der Waals surface area contributed by atoms with E-state index in [1.165, 1.54) is 0 Å². The van der Waals surface area contributed by atoms with Gasteiger partial charge in [0.25, 0.3) is 5.69 Å². The third kappa shape index (κ3) is 1.91. The molecule has 72 valence electrons. The number of benzene rings is 1. The van der Waals surface area contributed by atoms with Gasteiger partial charge in [0.15, 0.2) is 0 Å². The highest BCUT2D eigenvalue weighted by Gasteiger charge is 2.19. The lowest BCUT2D eigenvalue weighted by molar-refractivity contribution is -0.386. The highest BCUT2D eigenvalue weighted by molar-refractivity contribution is 9.10. The van der Waals surface area contributed by atoms with Crippen molar-refractivity contribution in [1.82, 2.24) is 0 Å². The molecule has 0 spiro atoms. The van der Waals surface area contributed by atoms with E-state index in [0.717, 1.165) is 0 Å². The first-order valence-electron chi connectivity index (χ1n) is 3.87. The lowest BCUT2D eigenvalue weighted by Crippen LogP contribution is -1.98. The summed E-state index contributed by atoms with van der Waals surface area (Å²) < 4.78 is 0.608. The van der Waals surface area contributed by atoms with Gasteiger partial charge in [-0.25, -0.2) is 0 Å². The van der Waals surface area contributed by atoms with Gasteiger partial charge in [-0.1, -0.05) is 22.0 Å². The fourth-order valence-corrected chi connectivity index (χ4v) is 1.69. The van der Waals surface area contributed by atoms with Crippen LogP contribution in [-0.2, 0) is 6.42 Å². The topological polar surface area (TPSA) is 66.9 Å². The van der Waals surface area contributed by atoms with Crippen LogP contribution in [0.2, 0.25) is 0 Å². The molecule has 0 aliphatic carbocycles. The van der Waals surface area contributed by atoms with Gasteiger partial charge in [0.1, 0.15) is 0 Å². The van der Waals surface area contributed by atoms with Crippen LogP contribution in [0.5, 0.6) is 0 Å². The Hall–Kier alpha value is -1.41. The minimum absolute atomic E-state index is 0.0286. The summed E-state index contributed by atoms with van der Waals surface area (Å²) in [7, 11) is 0. The Kier molecular flexibility index (Phi) is 3.20. The summed E-state index contributed by atoms with van der Waals surface area (Å²) in [6.45, 7) is 1.66. The molecule has 0 unspecified atom stereocenters. The fraction of sp³-hybridized carbons (Fsp3) is 0.222. The second kappa shape index (κ2) is 4.20. The monoisotopic (exact) mass is 254 g/mol. The van der Waals surface area contributed by atoms with E-state index in [-0.39, 0.29) is 12.1 Å². The second-order valence-corrected chi connectivity index (χ2v) is 3.64. The molecular weight excluding hydrogens is 248 g/mol. The zero-order valence-electron chi connectivity index (χ0n) is 7.45. The molecule has 0 aliphatic heterocycles. The summed E-state index contributed by atoms with van der Waals surface area (Å²) in [5.74, 6) is 0. The molecule has 0 aliphatic rings. The van der Waals surface area contributed by atoms with Crippen molar-refractivity contribution in [2.45, 2.75) is 13.3 Å². The molecule has 0 amide bonds. The van der Waals surface area contributed by atoms with Crippen LogP contribution in [0.1, 0.15) is 11.1 Å². The Labute approximate surface area is 89.4 Å². The van der Waals surface area contributed by atoms with Gasteiger partial charge in [0.05, 0.1) is 23.0 Å². The zero-order valence-corrected chi connectivity index (χ0v) is 9.04. The summed E-state index contributed by atoms with van der Waals surface area (Å²) in [6.07, 6.45) is 0.0403. The molecule has 0 aromatic heterocycles. The molecule has 14 heavy (non-hydrogen) atoms. The Balaban J connectivity index is 3.43. The van der Waals surface area contributed by atoms with E-state index >= 15 is 0 Å². The molecule has 0 heterocycles. The van der Waals surface area contributed by atoms with Crippen molar-refractivity contribution in [2.75, 3.05) is 0 Å². The Morgan fingerprint density at radius 2 is 2.29 bits per heavy atom. The smallest absolute Gasteiger partial charge is 0.258 e. The van der Waals surface area contributed by atoms with E-state index in [2.05, 4.69) is 15.9 Å². The molecule has 5 heteroatoms. The number of aryl methyl sites for hydroxylation is 1. The van der Waals surface area contributed by atoms with Crippen molar-refractivity contribution < 1.29 is 4.92 Å². The third-order valence-corrected chi connectivity index (χ3v) is 2.61. The summed E-state index contributed by atoms with van der Waals surface area (Å²) in [5.41, 5.74) is 1.04. The van der Waals surface area contributed by atoms with E-state index < -0.39 is 4.92 Å². The van der Waals surface area contributed by atoms with E-state index in [1.54, 1.807) is 19.1 Å². The quantitative estimate of drug-likeness (QED) is 0.602. The number of hydrogen-bond donors (Lipinski definition) is 0. The van der Waals surface area contributed by atoms with Gasteiger partial charge in [-0.05, 0) is 13.0 Å². The molecule has 0 N–H and O–H groups in total. The van der Waals surface area contributed by atoms with Crippen molar-refractivity contribution in [1.29, 1.82) is 5.26 Å². The molecule has 1 aromatic carbocycles. The second-order valence-electron chi connectivity index (χ2n) is 2.78. The highest BCUT2D eigenvalue weighted by Crippen LogP contribution is 2.30. The minimum Gasteiger partial charge on any atom is -0.258 e. The number of nitro groups is 1. The summed E-state index contributed by atoms with van der Waals surface area (Å²) in [4.78, 5) is 10.3. The lowest BCUT2D eigenvalue weighted by Gasteiger charge is -2.03. The van der Waals surface area contributed by atoms with E-state index in [4.69, 9.17) is 5.26 Å². The number of halogens is 1. The summed E-state index contributed by atoms with van der Waals surface area (Å²) >= 11 is 3.20. The Bertz CT molecular complexity index is 424. The lowest BCUT2D eigenvalue weighted by atomic mass is 10.1. The van der Waals surface area contributed by atoms with E-state index in [1.807, 2.05) is 6.07 Å². The predicted molar refractivity (Wildman–Crippen MR) is 54.9 cm³/mol. The molecule has 0 radical (unpaired) electrons. The number of hydrogen-bond acceptors (Lipinski definition) is 3. The average molecular weight is 255 g/mol. The van der Waals surface area contributed by atoms with Crippen LogP contribution in [0, 0.1) is 28.4 Å². The average Bonchev–Trinajstić information content (AvgIpc) is 2.11. The van der Waals surface area contributed by atoms with Gasteiger partial charge in [0.2, 0.25) is 0 Å². The maximum absolute atomic E-state index is 10.7. The first-order chi connectivity index (χ1) is 6.57. The normalized spacial score (nSPS) is 9.50. The van der Waals surface area contributed by atoms with Crippen molar-refractivity contribution in [3.63, 3.8) is 0 Å². The van der Waals surface area contributed by atoms with Gasteiger partial charge in [-0.3, -0.25) is 10.1 Å². The van der Waals surface area contributed by atoms with Crippen LogP contribution in [0.25, 0.3) is 0 Å². The van der Waals surface area contributed by atoms with Gasteiger partial charge < -0.3 is 0 Å². The summed E-state index contributed by atoms with van der Waals surface area (Å²) in [6, 6.07) is 5.29. The molecule has 0 saturated heterocycles. The molecule has 0 saturated carbocycles. The minimum atomic E-state index is -0.452. The number of nitriles is 1. The molecular formula is C9H7BrN2O2. The van der Waals surface area contributed by atoms with Crippen molar-refractivity contribution in [2.24, 2.45) is 0 Å².